The van der Waals surface area contributed by atoms with Gasteiger partial charge < -0.3 is 4.57 Å². The van der Waals surface area contributed by atoms with Crippen molar-refractivity contribution in [1.29, 1.82) is 5.26 Å². The van der Waals surface area contributed by atoms with Crippen molar-refractivity contribution < 1.29 is 26.3 Å². The average Bonchev–Trinajstić information content (AvgIpc) is 3.51. The number of aromatic nitrogens is 4. The van der Waals surface area contributed by atoms with Gasteiger partial charge in [0, 0.05) is 33.2 Å². The number of alkyl halides is 6. The second kappa shape index (κ2) is 12.8. The topological polar surface area (TPSA) is 67.4 Å². The fourth-order valence-electron chi connectivity index (χ4n) is 6.44. The molecule has 8 rings (SSSR count). The Bertz CT molecular complexity index is 2620. The van der Waals surface area contributed by atoms with Crippen LogP contribution in [0, 0.1) is 11.3 Å². The molecule has 0 saturated carbocycles. The Morgan fingerprint density at radius 3 is 1.60 bits per heavy atom. The molecule has 0 amide bonds. The molecule has 8 aromatic rings. The molecule has 0 spiro atoms. The van der Waals surface area contributed by atoms with E-state index in [-0.39, 0.29) is 22.8 Å². The molecule has 0 N–H and O–H groups in total. The number of benzene rings is 6. The molecule has 2 heterocycles. The van der Waals surface area contributed by atoms with E-state index in [2.05, 4.69) is 6.07 Å². The van der Waals surface area contributed by atoms with E-state index in [4.69, 9.17) is 15.0 Å². The van der Waals surface area contributed by atoms with E-state index < -0.39 is 23.5 Å². The normalized spacial score (nSPS) is 11.9. The summed E-state index contributed by atoms with van der Waals surface area (Å²) in [5.41, 5.74) is 1.43. The molecule has 0 unspecified atom stereocenters. The minimum atomic E-state index is -4.98. The third-order valence-electron chi connectivity index (χ3n) is 8.92. The summed E-state index contributed by atoms with van der Waals surface area (Å²) in [4.78, 5) is 14.2. The standard InChI is InChI=1S/C42H23F6N5/c43-41(44,45)30-19-28(20-31(23-30)42(46,47)48)27-15-18-37-35(22-27)34-13-7-8-14-36(34)53(37)32-16-17-33(29(21-32)24-49)40-51-38(25-9-3-1-4-10-25)50-39(52-40)26-11-5-2-6-12-26/h1-23H. The van der Waals surface area contributed by atoms with E-state index in [0.717, 1.165) is 23.3 Å². The lowest BCUT2D eigenvalue weighted by molar-refractivity contribution is -0.143. The Hall–Kier alpha value is -6.80. The lowest BCUT2D eigenvalue weighted by atomic mass is 9.97. The van der Waals surface area contributed by atoms with Crippen LogP contribution >= 0.6 is 0 Å². The van der Waals surface area contributed by atoms with Gasteiger partial charge in [0.05, 0.1) is 33.8 Å². The van der Waals surface area contributed by atoms with Gasteiger partial charge in [-0.15, -0.1) is 0 Å². The summed E-state index contributed by atoms with van der Waals surface area (Å²) in [7, 11) is 0. The van der Waals surface area contributed by atoms with Crippen LogP contribution in [0.4, 0.5) is 26.3 Å². The molecule has 0 bridgehead atoms. The smallest absolute Gasteiger partial charge is 0.309 e. The van der Waals surface area contributed by atoms with Crippen LogP contribution in [0.2, 0.25) is 0 Å². The molecule has 2 aromatic heterocycles. The summed E-state index contributed by atoms with van der Waals surface area (Å²) in [5, 5.41) is 11.7. The SMILES string of the molecule is N#Cc1cc(-n2c3ccccc3c3cc(-c4cc(C(F)(F)F)cc(C(F)(F)F)c4)ccc32)ccc1-c1nc(-c2ccccc2)nc(-c2ccccc2)n1. The second-order valence-electron chi connectivity index (χ2n) is 12.3. The Labute approximate surface area is 298 Å². The van der Waals surface area contributed by atoms with Crippen LogP contribution in [0.5, 0.6) is 0 Å². The van der Waals surface area contributed by atoms with Gasteiger partial charge in [0.25, 0.3) is 0 Å². The summed E-state index contributed by atoms with van der Waals surface area (Å²) in [5.74, 6) is 1.17. The Kier molecular flexibility index (Phi) is 8.03. The first-order valence-electron chi connectivity index (χ1n) is 16.2. The van der Waals surface area contributed by atoms with Crippen molar-refractivity contribution in [1.82, 2.24) is 19.5 Å². The van der Waals surface area contributed by atoms with Gasteiger partial charge in [-0.25, -0.2) is 15.0 Å². The predicted molar refractivity (Wildman–Crippen MR) is 191 cm³/mol. The predicted octanol–water partition coefficient (Wildman–Crippen LogP) is 11.5. The van der Waals surface area contributed by atoms with Crippen molar-refractivity contribution >= 4 is 21.8 Å². The van der Waals surface area contributed by atoms with E-state index in [1.165, 1.54) is 6.07 Å². The highest BCUT2D eigenvalue weighted by Gasteiger charge is 2.37. The van der Waals surface area contributed by atoms with E-state index in [1.54, 1.807) is 30.3 Å². The number of nitrogens with zero attached hydrogens (tertiary/aromatic N) is 5. The van der Waals surface area contributed by atoms with E-state index in [9.17, 15) is 31.6 Å². The molecule has 0 saturated heterocycles. The molecule has 0 aliphatic carbocycles. The van der Waals surface area contributed by atoms with Crippen molar-refractivity contribution in [2.45, 2.75) is 12.4 Å². The van der Waals surface area contributed by atoms with Gasteiger partial charge in [0.2, 0.25) is 0 Å². The zero-order chi connectivity index (χ0) is 36.9. The van der Waals surface area contributed by atoms with Crippen LogP contribution in [-0.4, -0.2) is 19.5 Å². The molecule has 0 aliphatic rings. The minimum absolute atomic E-state index is 0.117. The molecule has 5 nitrogen and oxygen atoms in total. The average molecular weight is 712 g/mol. The summed E-state index contributed by atoms with van der Waals surface area (Å²) in [6, 6.07) is 40.0. The lowest BCUT2D eigenvalue weighted by Gasteiger charge is -2.15. The first kappa shape index (κ1) is 33.3. The van der Waals surface area contributed by atoms with Crippen LogP contribution in [0.15, 0.2) is 140 Å². The zero-order valence-corrected chi connectivity index (χ0v) is 27.3. The van der Waals surface area contributed by atoms with E-state index in [1.807, 2.05) is 89.5 Å². The largest absolute Gasteiger partial charge is 0.416 e. The molecule has 11 heteroatoms. The Morgan fingerprint density at radius 1 is 0.472 bits per heavy atom. The quantitative estimate of drug-likeness (QED) is 0.167. The molecular weight excluding hydrogens is 688 g/mol. The van der Waals surface area contributed by atoms with Crippen LogP contribution in [-0.2, 0) is 12.4 Å². The van der Waals surface area contributed by atoms with Gasteiger partial charge in [-0.3, -0.25) is 0 Å². The van der Waals surface area contributed by atoms with Crippen molar-refractivity contribution in [2.75, 3.05) is 0 Å². The molecule has 0 aliphatic heterocycles. The van der Waals surface area contributed by atoms with Crippen LogP contribution in [0.1, 0.15) is 16.7 Å². The van der Waals surface area contributed by atoms with Crippen LogP contribution in [0.3, 0.4) is 0 Å². The summed E-state index contributed by atoms with van der Waals surface area (Å²) in [6.45, 7) is 0. The molecule has 53 heavy (non-hydrogen) atoms. The Morgan fingerprint density at radius 2 is 1.02 bits per heavy atom. The number of fused-ring (bicyclic) bond motifs is 3. The zero-order valence-electron chi connectivity index (χ0n) is 27.3. The maximum atomic E-state index is 13.7. The summed E-state index contributed by atoms with van der Waals surface area (Å²) in [6.07, 6.45) is -9.96. The fraction of sp³-hybridized carbons (Fsp3) is 0.0476. The lowest BCUT2D eigenvalue weighted by Crippen LogP contribution is -2.11. The van der Waals surface area contributed by atoms with E-state index >= 15 is 0 Å². The molecule has 258 valence electrons. The highest BCUT2D eigenvalue weighted by atomic mass is 19.4. The van der Waals surface area contributed by atoms with Crippen molar-refractivity contribution in [3.63, 3.8) is 0 Å². The number of halogens is 6. The fourth-order valence-corrected chi connectivity index (χ4v) is 6.44. The van der Waals surface area contributed by atoms with Crippen molar-refractivity contribution in [3.8, 4) is 57.0 Å². The maximum Gasteiger partial charge on any atom is 0.416 e. The Balaban J connectivity index is 1.28. The van der Waals surface area contributed by atoms with Crippen LogP contribution in [0.25, 0.3) is 72.8 Å². The number of nitriles is 1. The first-order chi connectivity index (χ1) is 25.5. The van der Waals surface area contributed by atoms with Gasteiger partial charge in [-0.1, -0.05) is 84.9 Å². The van der Waals surface area contributed by atoms with E-state index in [0.29, 0.717) is 50.5 Å². The van der Waals surface area contributed by atoms with Crippen LogP contribution < -0.4 is 0 Å². The number of hydrogen-bond acceptors (Lipinski definition) is 4. The molecule has 0 fully saturated rings. The highest BCUT2D eigenvalue weighted by Crippen LogP contribution is 2.41. The monoisotopic (exact) mass is 711 g/mol. The molecule has 6 aromatic carbocycles. The molecular formula is C42H23F6N5. The summed E-state index contributed by atoms with van der Waals surface area (Å²) >= 11 is 0. The third-order valence-corrected chi connectivity index (χ3v) is 8.92. The van der Waals surface area contributed by atoms with Crippen molar-refractivity contribution in [2.24, 2.45) is 0 Å². The highest BCUT2D eigenvalue weighted by molar-refractivity contribution is 6.10. The number of para-hydroxylation sites is 1. The first-order valence-corrected chi connectivity index (χ1v) is 16.2. The van der Waals surface area contributed by atoms with Gasteiger partial charge in [-0.05, 0) is 65.7 Å². The van der Waals surface area contributed by atoms with Crippen molar-refractivity contribution in [3.05, 3.63) is 156 Å². The molecule has 0 radical (unpaired) electrons. The van der Waals surface area contributed by atoms with Gasteiger partial charge in [0.15, 0.2) is 17.5 Å². The number of rotatable bonds is 5. The summed E-state index contributed by atoms with van der Waals surface area (Å²) < 4.78 is 84.1. The minimum Gasteiger partial charge on any atom is -0.309 e. The number of hydrogen-bond donors (Lipinski definition) is 0. The second-order valence-corrected chi connectivity index (χ2v) is 12.3. The van der Waals surface area contributed by atoms with Gasteiger partial charge in [-0.2, -0.15) is 31.6 Å². The third kappa shape index (κ3) is 6.25. The maximum absolute atomic E-state index is 13.7. The molecule has 0 atom stereocenters. The van der Waals surface area contributed by atoms with Gasteiger partial charge >= 0.3 is 12.4 Å². The van der Waals surface area contributed by atoms with Gasteiger partial charge in [0.1, 0.15) is 0 Å².